The molecule has 8 heteroatoms. The number of nitrogens with one attached hydrogen (secondary N) is 2. The van der Waals surface area contributed by atoms with Gasteiger partial charge in [-0.2, -0.15) is 10.2 Å². The summed E-state index contributed by atoms with van der Waals surface area (Å²) in [5.74, 6) is 0.519. The van der Waals surface area contributed by atoms with E-state index in [9.17, 15) is 4.79 Å². The van der Waals surface area contributed by atoms with Gasteiger partial charge in [0.25, 0.3) is 0 Å². The molecular formula is C21H20N6OS. The molecule has 1 amide bonds. The molecule has 2 aromatic heterocycles. The van der Waals surface area contributed by atoms with E-state index in [1.807, 2.05) is 67.7 Å². The number of H-pyrrole nitrogens is 1. The van der Waals surface area contributed by atoms with Crippen molar-refractivity contribution in [1.29, 1.82) is 0 Å². The first kappa shape index (κ1) is 18.8. The molecule has 0 fully saturated rings. The van der Waals surface area contributed by atoms with Crippen LogP contribution in [-0.2, 0) is 17.9 Å². The highest BCUT2D eigenvalue weighted by molar-refractivity contribution is 7.71. The van der Waals surface area contributed by atoms with E-state index >= 15 is 0 Å². The molecule has 4 rings (SSSR count). The molecular weight excluding hydrogens is 384 g/mol. The number of carbonyl (C=O) groups excluding carboxylic acids is 1. The second-order valence-corrected chi connectivity index (χ2v) is 7.09. The van der Waals surface area contributed by atoms with Gasteiger partial charge in [-0.3, -0.25) is 14.5 Å². The summed E-state index contributed by atoms with van der Waals surface area (Å²) < 4.78 is 3.91. The number of aromatic amines is 1. The molecule has 7 nitrogen and oxygen atoms in total. The standard InChI is InChI=1S/C21H20N6OS/c1-15-4-2-5-17(12-15)20-24-25-21(29)26(20)14-19(28)22-13-16-6-8-18(9-7-16)27-11-3-10-23-27/h2-12H,13-14H2,1H3,(H,22,28)(H,25,29). The highest BCUT2D eigenvalue weighted by Crippen LogP contribution is 2.18. The Labute approximate surface area is 173 Å². The second kappa shape index (κ2) is 8.24. The van der Waals surface area contributed by atoms with Crippen LogP contribution in [0.4, 0.5) is 0 Å². The van der Waals surface area contributed by atoms with E-state index in [0.717, 1.165) is 22.4 Å². The number of amides is 1. The molecule has 0 atom stereocenters. The van der Waals surface area contributed by atoms with Gasteiger partial charge < -0.3 is 5.32 Å². The molecule has 0 aliphatic rings. The van der Waals surface area contributed by atoms with Crippen LogP contribution in [0.25, 0.3) is 17.1 Å². The lowest BCUT2D eigenvalue weighted by Crippen LogP contribution is -2.27. The maximum Gasteiger partial charge on any atom is 0.240 e. The Balaban J connectivity index is 1.42. The van der Waals surface area contributed by atoms with Crippen LogP contribution in [0, 0.1) is 11.7 Å². The van der Waals surface area contributed by atoms with E-state index in [-0.39, 0.29) is 12.5 Å². The minimum absolute atomic E-state index is 0.101. The predicted molar refractivity (Wildman–Crippen MR) is 113 cm³/mol. The molecule has 0 aliphatic heterocycles. The van der Waals surface area contributed by atoms with Crippen molar-refractivity contribution >= 4 is 18.1 Å². The Morgan fingerprint density at radius 3 is 2.72 bits per heavy atom. The fourth-order valence-corrected chi connectivity index (χ4v) is 3.25. The van der Waals surface area contributed by atoms with Crippen molar-refractivity contribution in [2.75, 3.05) is 0 Å². The van der Waals surface area contributed by atoms with Crippen LogP contribution >= 0.6 is 12.2 Å². The number of aryl methyl sites for hydroxylation is 1. The first-order valence-corrected chi connectivity index (χ1v) is 9.59. The van der Waals surface area contributed by atoms with Crippen LogP contribution in [0.3, 0.4) is 0 Å². The minimum Gasteiger partial charge on any atom is -0.350 e. The first-order chi connectivity index (χ1) is 14.1. The van der Waals surface area contributed by atoms with Gasteiger partial charge in [-0.05, 0) is 49.0 Å². The molecule has 0 saturated heterocycles. The van der Waals surface area contributed by atoms with Gasteiger partial charge >= 0.3 is 0 Å². The molecule has 0 spiro atoms. The maximum atomic E-state index is 12.5. The lowest BCUT2D eigenvalue weighted by Gasteiger charge is -2.09. The summed E-state index contributed by atoms with van der Waals surface area (Å²) in [6.07, 6.45) is 3.62. The summed E-state index contributed by atoms with van der Waals surface area (Å²) in [5.41, 5.74) is 4.01. The number of rotatable bonds is 6. The van der Waals surface area contributed by atoms with Crippen molar-refractivity contribution in [3.63, 3.8) is 0 Å². The Bertz CT molecular complexity index is 1170. The molecule has 2 heterocycles. The Morgan fingerprint density at radius 1 is 1.17 bits per heavy atom. The van der Waals surface area contributed by atoms with E-state index in [1.165, 1.54) is 0 Å². The third kappa shape index (κ3) is 4.33. The normalized spacial score (nSPS) is 10.8. The SMILES string of the molecule is Cc1cccc(-c2n[nH]c(=S)n2CC(=O)NCc2ccc(-n3cccn3)cc2)c1. The Kier molecular flexibility index (Phi) is 5.35. The fourth-order valence-electron chi connectivity index (χ4n) is 3.06. The average molecular weight is 404 g/mol. The van der Waals surface area contributed by atoms with Gasteiger partial charge in [-0.1, -0.05) is 35.9 Å². The fraction of sp³-hybridized carbons (Fsp3) is 0.143. The van der Waals surface area contributed by atoms with Crippen LogP contribution in [0.2, 0.25) is 0 Å². The lowest BCUT2D eigenvalue weighted by molar-refractivity contribution is -0.121. The highest BCUT2D eigenvalue weighted by Gasteiger charge is 2.12. The second-order valence-electron chi connectivity index (χ2n) is 6.70. The molecule has 2 aromatic carbocycles. The van der Waals surface area contributed by atoms with Crippen molar-refractivity contribution in [3.05, 3.63) is 82.9 Å². The number of nitrogens with zero attached hydrogens (tertiary/aromatic N) is 4. The van der Waals surface area contributed by atoms with Crippen LogP contribution in [-0.4, -0.2) is 30.5 Å². The quantitative estimate of drug-likeness (QED) is 0.483. The van der Waals surface area contributed by atoms with Gasteiger partial charge in [0.15, 0.2) is 10.6 Å². The van der Waals surface area contributed by atoms with Crippen molar-refractivity contribution in [1.82, 2.24) is 29.9 Å². The smallest absolute Gasteiger partial charge is 0.240 e. The number of hydrogen-bond acceptors (Lipinski definition) is 4. The van der Waals surface area contributed by atoms with Gasteiger partial charge in [-0.15, -0.1) is 0 Å². The van der Waals surface area contributed by atoms with Gasteiger partial charge in [0, 0.05) is 24.5 Å². The molecule has 2 N–H and O–H groups in total. The van der Waals surface area contributed by atoms with Crippen molar-refractivity contribution in [2.24, 2.45) is 0 Å². The summed E-state index contributed by atoms with van der Waals surface area (Å²) >= 11 is 5.31. The van der Waals surface area contributed by atoms with Crippen molar-refractivity contribution < 1.29 is 4.79 Å². The number of aromatic nitrogens is 5. The number of hydrogen-bond donors (Lipinski definition) is 2. The zero-order chi connectivity index (χ0) is 20.2. The first-order valence-electron chi connectivity index (χ1n) is 9.18. The zero-order valence-corrected chi connectivity index (χ0v) is 16.7. The van der Waals surface area contributed by atoms with Crippen LogP contribution in [0.15, 0.2) is 67.0 Å². The predicted octanol–water partition coefficient (Wildman–Crippen LogP) is 3.42. The number of benzene rings is 2. The van der Waals surface area contributed by atoms with E-state index in [2.05, 4.69) is 20.6 Å². The van der Waals surface area contributed by atoms with Gasteiger partial charge in [0.05, 0.1) is 5.69 Å². The number of carbonyl (C=O) groups is 1. The molecule has 29 heavy (non-hydrogen) atoms. The lowest BCUT2D eigenvalue weighted by atomic mass is 10.1. The third-order valence-corrected chi connectivity index (χ3v) is 4.84. The molecule has 0 unspecified atom stereocenters. The Morgan fingerprint density at radius 2 is 2.00 bits per heavy atom. The van der Waals surface area contributed by atoms with Crippen LogP contribution in [0.5, 0.6) is 0 Å². The largest absolute Gasteiger partial charge is 0.350 e. The highest BCUT2D eigenvalue weighted by atomic mass is 32.1. The average Bonchev–Trinajstić information content (AvgIpc) is 3.38. The van der Waals surface area contributed by atoms with Crippen molar-refractivity contribution in [3.8, 4) is 17.1 Å². The molecule has 0 aliphatic carbocycles. The van der Waals surface area contributed by atoms with Crippen molar-refractivity contribution in [2.45, 2.75) is 20.0 Å². The summed E-state index contributed by atoms with van der Waals surface area (Å²) in [6.45, 7) is 2.55. The van der Waals surface area contributed by atoms with E-state index in [1.54, 1.807) is 15.4 Å². The summed E-state index contributed by atoms with van der Waals surface area (Å²) in [4.78, 5) is 12.5. The molecule has 0 radical (unpaired) electrons. The topological polar surface area (TPSA) is 80.5 Å². The van der Waals surface area contributed by atoms with Crippen LogP contribution < -0.4 is 5.32 Å². The van der Waals surface area contributed by atoms with E-state index < -0.39 is 0 Å². The Hall–Kier alpha value is -3.52. The monoisotopic (exact) mass is 404 g/mol. The van der Waals surface area contributed by atoms with Gasteiger partial charge in [0.2, 0.25) is 5.91 Å². The maximum absolute atomic E-state index is 12.5. The van der Waals surface area contributed by atoms with Crippen LogP contribution in [0.1, 0.15) is 11.1 Å². The molecule has 0 saturated carbocycles. The molecule has 0 bridgehead atoms. The minimum atomic E-state index is -0.132. The molecule has 146 valence electrons. The molecule has 4 aromatic rings. The summed E-state index contributed by atoms with van der Waals surface area (Å²) in [7, 11) is 0. The summed E-state index contributed by atoms with van der Waals surface area (Å²) in [5, 5.41) is 14.2. The van der Waals surface area contributed by atoms with E-state index in [4.69, 9.17) is 12.2 Å². The van der Waals surface area contributed by atoms with E-state index in [0.29, 0.717) is 17.1 Å². The third-order valence-electron chi connectivity index (χ3n) is 4.53. The van der Waals surface area contributed by atoms with Gasteiger partial charge in [-0.25, -0.2) is 4.68 Å². The van der Waals surface area contributed by atoms with Gasteiger partial charge in [0.1, 0.15) is 6.54 Å². The zero-order valence-electron chi connectivity index (χ0n) is 15.9. The summed E-state index contributed by atoms with van der Waals surface area (Å²) in [6, 6.07) is 17.7.